The highest BCUT2D eigenvalue weighted by Gasteiger charge is 2.27. The summed E-state index contributed by atoms with van der Waals surface area (Å²) >= 11 is 5.94. The quantitative estimate of drug-likeness (QED) is 0.352. The molecule has 1 unspecified atom stereocenters. The zero-order valence-electron chi connectivity index (χ0n) is 20.2. The molecule has 0 bridgehead atoms. The number of carbonyl (C=O) groups excluding carboxylic acids is 1. The van der Waals surface area contributed by atoms with E-state index in [1.54, 1.807) is 17.8 Å². The zero-order valence-corrected chi connectivity index (χ0v) is 24.2. The topological polar surface area (TPSA) is 128 Å². The number of nitrogens with one attached hydrogen (secondary N) is 1. The maximum absolute atomic E-state index is 13.4. The van der Waals surface area contributed by atoms with Crippen LogP contribution in [-0.2, 0) is 21.3 Å². The molecule has 3 aromatic rings. The van der Waals surface area contributed by atoms with E-state index in [2.05, 4.69) is 5.32 Å². The molecule has 15 heteroatoms. The van der Waals surface area contributed by atoms with Gasteiger partial charge in [0.2, 0.25) is 10.0 Å². The van der Waals surface area contributed by atoms with Gasteiger partial charge in [-0.2, -0.15) is 16.1 Å². The number of methoxy groups -OCH3 is 2. The van der Waals surface area contributed by atoms with Crippen molar-refractivity contribution in [2.45, 2.75) is 4.90 Å². The van der Waals surface area contributed by atoms with Crippen LogP contribution in [0.2, 0.25) is 4.34 Å². The smallest absolute Gasteiger partial charge is 0.257 e. The zero-order chi connectivity index (χ0) is 27.4. The number of anilines is 3. The molecule has 0 aliphatic carbocycles. The van der Waals surface area contributed by atoms with Gasteiger partial charge in [0.1, 0.15) is 5.00 Å². The van der Waals surface area contributed by atoms with Crippen LogP contribution in [0.1, 0.15) is 10.4 Å². The number of sulfonamides is 1. The fourth-order valence-corrected chi connectivity index (χ4v) is 8.09. The number of thiophene rings is 1. The molecule has 1 fully saturated rings. The minimum Gasteiger partial charge on any atom is -0.755 e. The Balaban J connectivity index is 1.67. The molecule has 204 valence electrons. The van der Waals surface area contributed by atoms with E-state index in [-0.39, 0.29) is 32.6 Å². The Morgan fingerprint density at radius 1 is 1.08 bits per heavy atom. The molecular formula is C23H23ClN3O7S4-. The van der Waals surface area contributed by atoms with Gasteiger partial charge in [-0.3, -0.25) is 13.3 Å². The van der Waals surface area contributed by atoms with Crippen LogP contribution in [0, 0.1) is 0 Å². The molecular weight excluding hydrogens is 594 g/mol. The Bertz CT molecular complexity index is 1440. The lowest BCUT2D eigenvalue weighted by atomic mass is 10.1. The van der Waals surface area contributed by atoms with Crippen molar-refractivity contribution in [3.8, 4) is 11.5 Å². The molecule has 1 aliphatic rings. The molecule has 1 atom stereocenters. The van der Waals surface area contributed by atoms with E-state index in [9.17, 15) is 22.0 Å². The van der Waals surface area contributed by atoms with Gasteiger partial charge in [-0.25, -0.2) is 8.42 Å². The summed E-state index contributed by atoms with van der Waals surface area (Å²) < 4.78 is 63.8. The van der Waals surface area contributed by atoms with Crippen LogP contribution in [0.3, 0.4) is 0 Å². The van der Waals surface area contributed by atoms with Gasteiger partial charge >= 0.3 is 0 Å². The van der Waals surface area contributed by atoms with Crippen molar-refractivity contribution in [2.24, 2.45) is 0 Å². The van der Waals surface area contributed by atoms with E-state index in [0.717, 1.165) is 27.1 Å². The number of amides is 1. The Labute approximate surface area is 236 Å². The third-order valence-electron chi connectivity index (χ3n) is 5.59. The number of carbonyl (C=O) groups is 1. The van der Waals surface area contributed by atoms with Crippen molar-refractivity contribution < 1.29 is 31.4 Å². The number of nitrogens with zero attached hydrogens (tertiary/aromatic N) is 2. The van der Waals surface area contributed by atoms with Crippen molar-refractivity contribution in [1.82, 2.24) is 4.31 Å². The number of hydrogen-bond donors (Lipinski definition) is 1. The lowest BCUT2D eigenvalue weighted by Crippen LogP contribution is -2.37. The average molecular weight is 617 g/mol. The maximum Gasteiger partial charge on any atom is 0.257 e. The van der Waals surface area contributed by atoms with E-state index in [1.807, 2.05) is 0 Å². The van der Waals surface area contributed by atoms with Crippen LogP contribution < -0.4 is 19.1 Å². The Morgan fingerprint density at radius 3 is 2.26 bits per heavy atom. The van der Waals surface area contributed by atoms with Gasteiger partial charge in [0.05, 0.1) is 46.0 Å². The second kappa shape index (κ2) is 12.2. The molecule has 0 radical (unpaired) electrons. The molecule has 2 heterocycles. The monoisotopic (exact) mass is 616 g/mol. The van der Waals surface area contributed by atoms with Gasteiger partial charge in [-0.05, 0) is 42.5 Å². The number of thioether (sulfide) groups is 1. The van der Waals surface area contributed by atoms with Gasteiger partial charge in [0, 0.05) is 36.3 Å². The first kappa shape index (κ1) is 28.7. The molecule has 1 aromatic heterocycles. The van der Waals surface area contributed by atoms with Crippen molar-refractivity contribution in [2.75, 3.05) is 48.4 Å². The standard InChI is InChI=1S/C23H24ClN3O7S4/c1-33-19-13-17(18(14-20(19)34-2)27(37(29)30)22-8-7-21(24)36-22)23(28)25-15-3-5-16(6-4-15)38(31,32)26-9-11-35-12-10-26/h3-8,13-14H,9-12H2,1-2H3,(H,25,28)(H,29,30)/p-1. The second-order valence-corrected chi connectivity index (χ2v) is 13.5. The molecule has 1 N–H and O–H groups in total. The molecule has 0 saturated carbocycles. The predicted octanol–water partition coefficient (Wildman–Crippen LogP) is 4.34. The van der Waals surface area contributed by atoms with Crippen molar-refractivity contribution in [3.63, 3.8) is 0 Å². The third-order valence-corrected chi connectivity index (χ3v) is 10.5. The molecule has 0 spiro atoms. The fraction of sp³-hybridized carbons (Fsp3) is 0.261. The normalized spacial score (nSPS) is 15.1. The summed E-state index contributed by atoms with van der Waals surface area (Å²) in [6.45, 7) is 0.890. The third kappa shape index (κ3) is 6.11. The van der Waals surface area contributed by atoms with Crippen molar-refractivity contribution in [3.05, 3.63) is 58.4 Å². The molecule has 38 heavy (non-hydrogen) atoms. The van der Waals surface area contributed by atoms with Crippen LogP contribution in [-0.4, -0.2) is 66.2 Å². The highest BCUT2D eigenvalue weighted by atomic mass is 35.5. The minimum absolute atomic E-state index is 0.00849. The van der Waals surface area contributed by atoms with E-state index < -0.39 is 27.2 Å². The number of hydrogen-bond acceptors (Lipinski definition) is 9. The number of rotatable bonds is 9. The highest BCUT2D eigenvalue weighted by molar-refractivity contribution is 7.99. The molecule has 2 aromatic carbocycles. The first-order chi connectivity index (χ1) is 18.1. The van der Waals surface area contributed by atoms with E-state index >= 15 is 0 Å². The highest BCUT2D eigenvalue weighted by Crippen LogP contribution is 2.41. The minimum atomic E-state index is -3.64. The van der Waals surface area contributed by atoms with E-state index in [1.165, 1.54) is 61.0 Å². The summed E-state index contributed by atoms with van der Waals surface area (Å²) in [5.74, 6) is 1.25. The van der Waals surface area contributed by atoms with Gasteiger partial charge in [-0.15, -0.1) is 11.3 Å². The van der Waals surface area contributed by atoms with Crippen LogP contribution >= 0.6 is 34.7 Å². The van der Waals surface area contributed by atoms with Crippen LogP contribution in [0.25, 0.3) is 0 Å². The lowest BCUT2D eigenvalue weighted by Gasteiger charge is -2.27. The second-order valence-electron chi connectivity index (χ2n) is 7.81. The van der Waals surface area contributed by atoms with Gasteiger partial charge in [0.15, 0.2) is 11.5 Å². The average Bonchev–Trinajstić information content (AvgIpc) is 3.34. The molecule has 10 nitrogen and oxygen atoms in total. The van der Waals surface area contributed by atoms with Gasteiger partial charge in [-0.1, -0.05) is 11.6 Å². The van der Waals surface area contributed by atoms with E-state index in [0.29, 0.717) is 23.1 Å². The fourth-order valence-electron chi connectivity index (χ4n) is 3.75. The number of benzene rings is 2. The summed E-state index contributed by atoms with van der Waals surface area (Å²) in [7, 11) is -0.860. The SMILES string of the molecule is COc1cc(C(=O)Nc2ccc(S(=O)(=O)N3CCSCC3)cc2)c(N(c2ccc(Cl)s2)S(=O)[O-])cc1OC. The largest absolute Gasteiger partial charge is 0.755 e. The first-order valence-corrected chi connectivity index (χ1v) is 15.9. The van der Waals surface area contributed by atoms with Crippen LogP contribution in [0.4, 0.5) is 16.4 Å². The Kier molecular flexibility index (Phi) is 9.23. The van der Waals surface area contributed by atoms with Crippen LogP contribution in [0.15, 0.2) is 53.4 Å². The predicted molar refractivity (Wildman–Crippen MR) is 150 cm³/mol. The number of halogens is 1. The summed E-state index contributed by atoms with van der Waals surface area (Å²) in [6.07, 6.45) is 0. The van der Waals surface area contributed by atoms with Crippen molar-refractivity contribution in [1.29, 1.82) is 0 Å². The molecule has 1 saturated heterocycles. The molecule has 4 rings (SSSR count). The number of ether oxygens (including phenoxy) is 2. The lowest BCUT2D eigenvalue weighted by molar-refractivity contribution is 0.102. The van der Waals surface area contributed by atoms with Gasteiger partial charge in [0.25, 0.3) is 5.91 Å². The van der Waals surface area contributed by atoms with E-state index in [4.69, 9.17) is 21.1 Å². The molecule has 1 amide bonds. The van der Waals surface area contributed by atoms with Crippen molar-refractivity contribution >= 4 is 78.3 Å². The Hall–Kier alpha value is -2.33. The van der Waals surface area contributed by atoms with Crippen LogP contribution in [0.5, 0.6) is 11.5 Å². The van der Waals surface area contributed by atoms with Gasteiger partial charge < -0.3 is 19.3 Å². The molecule has 1 aliphatic heterocycles. The summed E-state index contributed by atoms with van der Waals surface area (Å²) in [6, 6.07) is 11.6. The summed E-state index contributed by atoms with van der Waals surface area (Å²) in [4.78, 5) is 13.5. The Morgan fingerprint density at radius 2 is 1.71 bits per heavy atom. The summed E-state index contributed by atoms with van der Waals surface area (Å²) in [5.41, 5.74) is 0.297. The first-order valence-electron chi connectivity index (χ1n) is 11.1. The maximum atomic E-state index is 13.4. The summed E-state index contributed by atoms with van der Waals surface area (Å²) in [5, 5.41) is 2.96.